The van der Waals surface area contributed by atoms with Crippen LogP contribution in [-0.4, -0.2) is 110 Å². The van der Waals surface area contributed by atoms with Gasteiger partial charge in [-0.15, -0.1) is 16.4 Å². The number of rotatable bonds is 11. The maximum Gasteiger partial charge on any atom is 0.264 e. The van der Waals surface area contributed by atoms with Crippen molar-refractivity contribution in [2.45, 2.75) is 13.3 Å². The van der Waals surface area contributed by atoms with Gasteiger partial charge in [0.05, 0.1) is 17.7 Å². The highest BCUT2D eigenvalue weighted by Crippen LogP contribution is 2.38. The first kappa shape index (κ1) is 33.9. The van der Waals surface area contributed by atoms with Crippen LogP contribution >= 0.6 is 11.3 Å². The van der Waals surface area contributed by atoms with Crippen molar-refractivity contribution in [2.24, 2.45) is 0 Å². The SMILES string of the molecule is CCN1CCN(CCOc2cc3c(N4CCN(C(=O)c5ccc(-c6ccc(F)cc6)s5)CC4)nnc(Cc4ccccc4)c3cc2OC)CC1. The van der Waals surface area contributed by atoms with E-state index >= 15 is 0 Å². The van der Waals surface area contributed by atoms with Gasteiger partial charge in [0, 0.05) is 81.0 Å². The second kappa shape index (κ2) is 15.5. The first-order valence-electron chi connectivity index (χ1n) is 17.4. The Morgan fingerprint density at radius 1 is 0.820 bits per heavy atom. The molecule has 2 fully saturated rings. The normalized spacial score (nSPS) is 15.8. The van der Waals surface area contributed by atoms with Crippen LogP contribution in [0.15, 0.2) is 78.9 Å². The molecule has 4 heterocycles. The molecule has 0 atom stereocenters. The number of nitrogens with zero attached hydrogens (tertiary/aromatic N) is 6. The largest absolute Gasteiger partial charge is 0.493 e. The van der Waals surface area contributed by atoms with E-state index in [4.69, 9.17) is 19.7 Å². The van der Waals surface area contributed by atoms with Gasteiger partial charge in [0.2, 0.25) is 0 Å². The predicted molar refractivity (Wildman–Crippen MR) is 197 cm³/mol. The Bertz CT molecular complexity index is 1910. The van der Waals surface area contributed by atoms with Crippen LogP contribution in [0, 0.1) is 5.82 Å². The molecule has 3 aromatic carbocycles. The number of hydrogen-bond donors (Lipinski definition) is 0. The molecule has 50 heavy (non-hydrogen) atoms. The molecule has 2 aliphatic heterocycles. The van der Waals surface area contributed by atoms with E-state index in [0.717, 1.165) is 77.6 Å². The number of likely N-dealkylation sites (N-methyl/N-ethyl adjacent to an activating group) is 1. The van der Waals surface area contributed by atoms with Gasteiger partial charge in [0.25, 0.3) is 5.91 Å². The zero-order valence-corrected chi connectivity index (χ0v) is 29.5. The number of piperazine rings is 2. The number of amides is 1. The van der Waals surface area contributed by atoms with Crippen LogP contribution in [0.25, 0.3) is 21.2 Å². The molecule has 0 aliphatic carbocycles. The molecular formula is C39H43FN6O3S. The van der Waals surface area contributed by atoms with Crippen LogP contribution in [0.3, 0.4) is 0 Å². The van der Waals surface area contributed by atoms with E-state index in [1.54, 1.807) is 19.2 Å². The minimum Gasteiger partial charge on any atom is -0.493 e. The van der Waals surface area contributed by atoms with Crippen molar-refractivity contribution in [1.82, 2.24) is 24.9 Å². The number of aromatic nitrogens is 2. The Balaban J connectivity index is 1.10. The molecule has 2 aliphatic rings. The number of halogens is 1. The van der Waals surface area contributed by atoms with E-state index in [1.807, 2.05) is 41.3 Å². The monoisotopic (exact) mass is 694 g/mol. The van der Waals surface area contributed by atoms with E-state index in [9.17, 15) is 9.18 Å². The maximum absolute atomic E-state index is 13.5. The van der Waals surface area contributed by atoms with E-state index in [0.29, 0.717) is 55.6 Å². The number of thiophene rings is 1. The molecule has 7 rings (SSSR count). The van der Waals surface area contributed by atoms with Crippen molar-refractivity contribution in [1.29, 1.82) is 0 Å². The van der Waals surface area contributed by atoms with Crippen molar-refractivity contribution in [2.75, 3.05) is 84.1 Å². The second-order valence-electron chi connectivity index (χ2n) is 12.8. The number of methoxy groups -OCH3 is 1. The molecule has 0 N–H and O–H groups in total. The van der Waals surface area contributed by atoms with Gasteiger partial charge in [0.1, 0.15) is 12.4 Å². The highest BCUT2D eigenvalue weighted by molar-refractivity contribution is 7.17. The van der Waals surface area contributed by atoms with Crippen LogP contribution in [0.5, 0.6) is 11.5 Å². The van der Waals surface area contributed by atoms with Gasteiger partial charge >= 0.3 is 0 Å². The molecule has 11 heteroatoms. The third kappa shape index (κ3) is 7.60. The topological polar surface area (TPSA) is 74.3 Å². The molecule has 1 amide bonds. The fraction of sp³-hybridized carbons (Fsp3) is 0.359. The van der Waals surface area contributed by atoms with E-state index in [2.05, 4.69) is 39.8 Å². The zero-order chi connectivity index (χ0) is 34.5. The number of anilines is 1. The summed E-state index contributed by atoms with van der Waals surface area (Å²) in [6.45, 7) is 11.3. The summed E-state index contributed by atoms with van der Waals surface area (Å²) in [4.78, 5) is 24.2. The standard InChI is InChI=1S/C39H43FN6O3S/c1-3-43-15-17-44(18-16-43)23-24-49-35-27-32-31(26-34(35)48-2)33(25-28-7-5-4-6-8-28)41-42-38(32)45-19-21-46(22-20-45)39(47)37-14-13-36(50-37)29-9-11-30(40)12-10-29/h4-14,26-27H,3,15-25H2,1-2H3. The second-order valence-corrected chi connectivity index (χ2v) is 13.8. The fourth-order valence-corrected chi connectivity index (χ4v) is 7.72. The molecule has 0 saturated carbocycles. The lowest BCUT2D eigenvalue weighted by molar-refractivity contribution is 0.0751. The number of fused-ring (bicyclic) bond motifs is 1. The summed E-state index contributed by atoms with van der Waals surface area (Å²) in [5, 5.41) is 11.5. The average Bonchev–Trinajstić information content (AvgIpc) is 3.66. The first-order chi connectivity index (χ1) is 24.5. The molecule has 5 aromatic rings. The zero-order valence-electron chi connectivity index (χ0n) is 28.7. The van der Waals surface area contributed by atoms with E-state index in [-0.39, 0.29) is 11.7 Å². The molecule has 0 radical (unpaired) electrons. The van der Waals surface area contributed by atoms with Crippen molar-refractivity contribution in [3.63, 3.8) is 0 Å². The lowest BCUT2D eigenvalue weighted by atomic mass is 10.0. The fourth-order valence-electron chi connectivity index (χ4n) is 6.74. The van der Waals surface area contributed by atoms with Crippen LogP contribution < -0.4 is 14.4 Å². The average molecular weight is 695 g/mol. The highest BCUT2D eigenvalue weighted by atomic mass is 32.1. The summed E-state index contributed by atoms with van der Waals surface area (Å²) in [7, 11) is 1.68. The van der Waals surface area contributed by atoms with Crippen molar-refractivity contribution in [3.05, 3.63) is 101 Å². The minimum atomic E-state index is -0.276. The summed E-state index contributed by atoms with van der Waals surface area (Å²) >= 11 is 1.44. The van der Waals surface area contributed by atoms with Crippen LogP contribution in [0.2, 0.25) is 0 Å². The predicted octanol–water partition coefficient (Wildman–Crippen LogP) is 6.08. The lowest BCUT2D eigenvalue weighted by Crippen LogP contribution is -2.49. The summed E-state index contributed by atoms with van der Waals surface area (Å²) < 4.78 is 25.7. The summed E-state index contributed by atoms with van der Waals surface area (Å²) in [5.41, 5.74) is 2.93. The van der Waals surface area contributed by atoms with Gasteiger partial charge in [-0.25, -0.2) is 4.39 Å². The van der Waals surface area contributed by atoms with Crippen LogP contribution in [0.4, 0.5) is 10.2 Å². The Labute approximate surface area is 296 Å². The molecule has 0 spiro atoms. The maximum atomic E-state index is 13.5. The molecule has 9 nitrogen and oxygen atoms in total. The highest BCUT2D eigenvalue weighted by Gasteiger charge is 2.27. The third-order valence-corrected chi connectivity index (χ3v) is 10.8. The van der Waals surface area contributed by atoms with Gasteiger partial charge in [-0.05, 0) is 54.1 Å². The Morgan fingerprint density at radius 2 is 1.54 bits per heavy atom. The molecule has 0 unspecified atom stereocenters. The number of carbonyl (C=O) groups excluding carboxylic acids is 1. The van der Waals surface area contributed by atoms with E-state index < -0.39 is 0 Å². The Hall–Kier alpha value is -4.58. The summed E-state index contributed by atoms with van der Waals surface area (Å²) in [6.07, 6.45) is 0.640. The number of benzene rings is 3. The van der Waals surface area contributed by atoms with Gasteiger partial charge in [-0.1, -0.05) is 49.4 Å². The van der Waals surface area contributed by atoms with Crippen LogP contribution in [-0.2, 0) is 6.42 Å². The first-order valence-corrected chi connectivity index (χ1v) is 18.2. The summed E-state index contributed by atoms with van der Waals surface area (Å²) in [5.74, 6) is 1.88. The van der Waals surface area contributed by atoms with Gasteiger partial charge in [-0.2, -0.15) is 5.10 Å². The number of carbonyl (C=O) groups is 1. The van der Waals surface area contributed by atoms with Gasteiger partial charge in [0.15, 0.2) is 17.3 Å². The molecule has 0 bridgehead atoms. The molecule has 2 saturated heterocycles. The van der Waals surface area contributed by atoms with Gasteiger partial charge in [-0.3, -0.25) is 9.69 Å². The Kier molecular flexibility index (Phi) is 10.5. The van der Waals surface area contributed by atoms with Gasteiger partial charge < -0.3 is 24.2 Å². The minimum absolute atomic E-state index is 0.00805. The third-order valence-electron chi connectivity index (χ3n) is 9.72. The van der Waals surface area contributed by atoms with Crippen LogP contribution in [0.1, 0.15) is 27.9 Å². The molecule has 2 aromatic heterocycles. The van der Waals surface area contributed by atoms with Crippen molar-refractivity contribution < 1.29 is 18.7 Å². The summed E-state index contributed by atoms with van der Waals surface area (Å²) in [6, 6.07) is 24.5. The lowest BCUT2D eigenvalue weighted by Gasteiger charge is -2.35. The van der Waals surface area contributed by atoms with Crippen molar-refractivity contribution >= 4 is 33.8 Å². The number of hydrogen-bond acceptors (Lipinski definition) is 9. The Morgan fingerprint density at radius 3 is 2.26 bits per heavy atom. The molecule has 260 valence electrons. The number of ether oxygens (including phenoxy) is 2. The van der Waals surface area contributed by atoms with E-state index in [1.165, 1.54) is 23.5 Å². The smallest absolute Gasteiger partial charge is 0.264 e. The van der Waals surface area contributed by atoms with Crippen molar-refractivity contribution in [3.8, 4) is 21.9 Å². The molecular weight excluding hydrogens is 652 g/mol. The quantitative estimate of drug-likeness (QED) is 0.165.